The van der Waals surface area contributed by atoms with Gasteiger partial charge in [-0.25, -0.2) is 0 Å². The molecule has 0 aliphatic rings. The highest BCUT2D eigenvalue weighted by Crippen LogP contribution is 2.27. The van der Waals surface area contributed by atoms with Gasteiger partial charge in [-0.2, -0.15) is 0 Å². The number of ether oxygens (including phenoxy) is 1. The summed E-state index contributed by atoms with van der Waals surface area (Å²) in [5, 5.41) is 8.65. The highest BCUT2D eigenvalue weighted by molar-refractivity contribution is 5.31. The fourth-order valence-corrected chi connectivity index (χ4v) is 1.46. The van der Waals surface area contributed by atoms with Gasteiger partial charge in [0.05, 0.1) is 6.61 Å². The topological polar surface area (TPSA) is 29.5 Å². The molecular weight excluding hydrogens is 200 g/mol. The van der Waals surface area contributed by atoms with Gasteiger partial charge in [0.15, 0.2) is 0 Å². The fourth-order valence-electron chi connectivity index (χ4n) is 1.46. The summed E-state index contributed by atoms with van der Waals surface area (Å²) in [4.78, 5) is 0. The molecule has 0 atom stereocenters. The maximum atomic E-state index is 8.65. The van der Waals surface area contributed by atoms with E-state index in [9.17, 15) is 0 Å². The maximum Gasteiger partial charge on any atom is 0.119 e. The van der Waals surface area contributed by atoms with Gasteiger partial charge >= 0.3 is 0 Å². The van der Waals surface area contributed by atoms with Gasteiger partial charge in [-0.15, -0.1) is 0 Å². The molecule has 2 nitrogen and oxygen atoms in total. The first kappa shape index (κ1) is 13.0. The first-order chi connectivity index (χ1) is 7.60. The molecule has 0 radical (unpaired) electrons. The SMILES string of the molecule is CCC(C)(C)c1ccc(OCCCO)cc1. The van der Waals surface area contributed by atoms with E-state index < -0.39 is 0 Å². The van der Waals surface area contributed by atoms with Crippen molar-refractivity contribution in [1.82, 2.24) is 0 Å². The van der Waals surface area contributed by atoms with E-state index in [1.165, 1.54) is 5.56 Å². The van der Waals surface area contributed by atoms with Crippen molar-refractivity contribution in [3.05, 3.63) is 29.8 Å². The third-order valence-electron chi connectivity index (χ3n) is 3.09. The number of rotatable bonds is 6. The minimum Gasteiger partial charge on any atom is -0.494 e. The van der Waals surface area contributed by atoms with E-state index in [-0.39, 0.29) is 12.0 Å². The Labute approximate surface area is 98.3 Å². The third kappa shape index (κ3) is 3.53. The molecule has 0 bridgehead atoms. The maximum absolute atomic E-state index is 8.65. The molecular formula is C14H22O2. The van der Waals surface area contributed by atoms with Crippen LogP contribution in [0.4, 0.5) is 0 Å². The summed E-state index contributed by atoms with van der Waals surface area (Å²) < 4.78 is 5.49. The van der Waals surface area contributed by atoms with Gasteiger partial charge in [0.2, 0.25) is 0 Å². The quantitative estimate of drug-likeness (QED) is 0.749. The number of hydrogen-bond acceptors (Lipinski definition) is 2. The highest BCUT2D eigenvalue weighted by Gasteiger charge is 2.17. The number of hydrogen-bond donors (Lipinski definition) is 1. The van der Waals surface area contributed by atoms with Crippen LogP contribution < -0.4 is 4.74 Å². The second kappa shape index (κ2) is 5.90. The first-order valence-corrected chi connectivity index (χ1v) is 5.94. The summed E-state index contributed by atoms with van der Waals surface area (Å²) in [7, 11) is 0. The Hall–Kier alpha value is -1.02. The molecule has 0 aromatic heterocycles. The van der Waals surface area contributed by atoms with E-state index in [0.717, 1.165) is 12.2 Å². The van der Waals surface area contributed by atoms with Crippen LogP contribution in [-0.4, -0.2) is 18.3 Å². The Morgan fingerprint density at radius 2 is 1.81 bits per heavy atom. The van der Waals surface area contributed by atoms with Crippen LogP contribution in [0.25, 0.3) is 0 Å². The third-order valence-corrected chi connectivity index (χ3v) is 3.09. The normalized spacial score (nSPS) is 11.5. The zero-order valence-corrected chi connectivity index (χ0v) is 10.5. The van der Waals surface area contributed by atoms with E-state index in [4.69, 9.17) is 9.84 Å². The van der Waals surface area contributed by atoms with Crippen LogP contribution in [0, 0.1) is 0 Å². The monoisotopic (exact) mass is 222 g/mol. The molecule has 1 aromatic rings. The van der Waals surface area contributed by atoms with E-state index >= 15 is 0 Å². The molecule has 0 aliphatic heterocycles. The molecule has 0 heterocycles. The van der Waals surface area contributed by atoms with E-state index in [1.807, 2.05) is 12.1 Å². The number of benzene rings is 1. The Morgan fingerprint density at radius 1 is 1.19 bits per heavy atom. The van der Waals surface area contributed by atoms with Crippen molar-refractivity contribution in [2.24, 2.45) is 0 Å². The Balaban J connectivity index is 2.61. The zero-order chi connectivity index (χ0) is 12.0. The molecule has 1 aromatic carbocycles. The summed E-state index contributed by atoms with van der Waals surface area (Å²) in [5.74, 6) is 0.879. The van der Waals surface area contributed by atoms with Gasteiger partial charge in [0.25, 0.3) is 0 Å². The van der Waals surface area contributed by atoms with Crippen LogP contribution in [0.1, 0.15) is 39.2 Å². The van der Waals surface area contributed by atoms with E-state index in [1.54, 1.807) is 0 Å². The lowest BCUT2D eigenvalue weighted by Gasteiger charge is -2.23. The first-order valence-electron chi connectivity index (χ1n) is 5.94. The fraction of sp³-hybridized carbons (Fsp3) is 0.571. The Kier molecular flexibility index (Phi) is 4.81. The van der Waals surface area contributed by atoms with Gasteiger partial charge in [0, 0.05) is 13.0 Å². The van der Waals surface area contributed by atoms with Crippen LogP contribution in [-0.2, 0) is 5.41 Å². The summed E-state index contributed by atoms with van der Waals surface area (Å²) in [6, 6.07) is 8.25. The zero-order valence-electron chi connectivity index (χ0n) is 10.5. The molecule has 0 saturated heterocycles. The predicted molar refractivity (Wildman–Crippen MR) is 67.0 cm³/mol. The van der Waals surface area contributed by atoms with Crippen molar-refractivity contribution in [2.45, 2.75) is 39.0 Å². The van der Waals surface area contributed by atoms with Crippen molar-refractivity contribution < 1.29 is 9.84 Å². The molecule has 2 heteroatoms. The van der Waals surface area contributed by atoms with Crippen molar-refractivity contribution in [3.63, 3.8) is 0 Å². The minimum absolute atomic E-state index is 0.181. The molecule has 0 unspecified atom stereocenters. The number of aliphatic hydroxyl groups is 1. The van der Waals surface area contributed by atoms with Crippen molar-refractivity contribution in [2.75, 3.05) is 13.2 Å². The standard InChI is InChI=1S/C14H22O2/c1-4-14(2,3)12-6-8-13(9-7-12)16-11-5-10-15/h6-9,15H,4-5,10-11H2,1-3H3. The second-order valence-corrected chi connectivity index (χ2v) is 4.69. The summed E-state index contributed by atoms with van der Waals surface area (Å²) in [6.45, 7) is 7.45. The average molecular weight is 222 g/mol. The minimum atomic E-state index is 0.181. The van der Waals surface area contributed by atoms with E-state index in [0.29, 0.717) is 13.0 Å². The van der Waals surface area contributed by atoms with Crippen molar-refractivity contribution in [1.29, 1.82) is 0 Å². The molecule has 0 aliphatic carbocycles. The lowest BCUT2D eigenvalue weighted by molar-refractivity contribution is 0.233. The van der Waals surface area contributed by atoms with Crippen molar-refractivity contribution in [3.8, 4) is 5.75 Å². The van der Waals surface area contributed by atoms with Crippen LogP contribution in [0.2, 0.25) is 0 Å². The largest absolute Gasteiger partial charge is 0.494 e. The van der Waals surface area contributed by atoms with Crippen LogP contribution in [0.15, 0.2) is 24.3 Å². The highest BCUT2D eigenvalue weighted by atomic mass is 16.5. The van der Waals surface area contributed by atoms with Gasteiger partial charge < -0.3 is 9.84 Å². The van der Waals surface area contributed by atoms with Gasteiger partial charge in [0.1, 0.15) is 5.75 Å². The summed E-state index contributed by atoms with van der Waals surface area (Å²) in [5.41, 5.74) is 1.56. The molecule has 0 saturated carbocycles. The molecule has 0 fully saturated rings. The van der Waals surface area contributed by atoms with Gasteiger partial charge in [-0.05, 0) is 29.5 Å². The predicted octanol–water partition coefficient (Wildman–Crippen LogP) is 3.14. The Bertz CT molecular complexity index is 301. The van der Waals surface area contributed by atoms with E-state index in [2.05, 4.69) is 32.9 Å². The Morgan fingerprint density at radius 3 is 2.31 bits per heavy atom. The molecule has 1 rings (SSSR count). The average Bonchev–Trinajstić information content (AvgIpc) is 2.30. The number of aliphatic hydroxyl groups excluding tert-OH is 1. The molecule has 0 amide bonds. The lowest BCUT2D eigenvalue weighted by atomic mass is 9.82. The molecule has 1 N–H and O–H groups in total. The van der Waals surface area contributed by atoms with Crippen LogP contribution in [0.5, 0.6) is 5.75 Å². The molecule has 0 spiro atoms. The molecule has 16 heavy (non-hydrogen) atoms. The summed E-state index contributed by atoms with van der Waals surface area (Å²) >= 11 is 0. The van der Waals surface area contributed by atoms with Crippen LogP contribution >= 0.6 is 0 Å². The van der Waals surface area contributed by atoms with Crippen molar-refractivity contribution >= 4 is 0 Å². The smallest absolute Gasteiger partial charge is 0.119 e. The van der Waals surface area contributed by atoms with Gasteiger partial charge in [-0.1, -0.05) is 32.9 Å². The van der Waals surface area contributed by atoms with Crippen LogP contribution in [0.3, 0.4) is 0 Å². The second-order valence-electron chi connectivity index (χ2n) is 4.69. The lowest BCUT2D eigenvalue weighted by Crippen LogP contribution is -2.15. The molecule has 90 valence electrons. The van der Waals surface area contributed by atoms with Gasteiger partial charge in [-0.3, -0.25) is 0 Å². The summed E-state index contributed by atoms with van der Waals surface area (Å²) in [6.07, 6.45) is 1.81.